The fourth-order valence-electron chi connectivity index (χ4n) is 2.54. The molecule has 1 amide bonds. The number of anilines is 1. The van der Waals surface area contributed by atoms with E-state index in [1.54, 1.807) is 20.8 Å². The van der Waals surface area contributed by atoms with Gasteiger partial charge in [0.05, 0.1) is 10.9 Å². The van der Waals surface area contributed by atoms with Gasteiger partial charge in [-0.2, -0.15) is 13.2 Å². The number of imidazole rings is 1. The molecular weight excluding hydrogens is 357 g/mol. The normalized spacial score (nSPS) is 13.3. The second kappa shape index (κ2) is 6.21. The van der Waals surface area contributed by atoms with Crippen LogP contribution in [0.1, 0.15) is 41.0 Å². The Labute approximate surface area is 147 Å². The van der Waals surface area contributed by atoms with Crippen LogP contribution in [0.15, 0.2) is 12.1 Å². The van der Waals surface area contributed by atoms with Gasteiger partial charge in [-0.15, -0.1) is 0 Å². The van der Waals surface area contributed by atoms with Crippen molar-refractivity contribution in [3.63, 3.8) is 0 Å². The highest BCUT2D eigenvalue weighted by Gasteiger charge is 2.48. The number of aromatic nitrogens is 2. The molecule has 26 heavy (non-hydrogen) atoms. The number of benzene rings is 1. The molecule has 0 bridgehead atoms. The number of carbonyl (C=O) groups is 1. The van der Waals surface area contributed by atoms with Crippen molar-refractivity contribution in [1.29, 1.82) is 0 Å². The highest BCUT2D eigenvalue weighted by Crippen LogP contribution is 2.40. The van der Waals surface area contributed by atoms with Crippen molar-refractivity contribution in [2.75, 3.05) is 5.32 Å². The van der Waals surface area contributed by atoms with Crippen molar-refractivity contribution in [2.24, 2.45) is 5.41 Å². The molecule has 1 aromatic heterocycles. The predicted molar refractivity (Wildman–Crippen MR) is 87.7 cm³/mol. The Bertz CT molecular complexity index is 847. The Balaban J connectivity index is 2.47. The van der Waals surface area contributed by atoms with Gasteiger partial charge in [-0.05, 0) is 20.8 Å². The topological polar surface area (TPSA) is 46.9 Å². The van der Waals surface area contributed by atoms with E-state index < -0.39 is 41.1 Å². The first-order valence-corrected chi connectivity index (χ1v) is 7.88. The summed E-state index contributed by atoms with van der Waals surface area (Å²) in [5, 5.41) is 2.31. The predicted octanol–water partition coefficient (Wildman–Crippen LogP) is 4.99. The minimum Gasteiger partial charge on any atom is -0.302 e. The Morgan fingerprint density at radius 2 is 1.69 bits per heavy atom. The molecule has 1 N–H and O–H groups in total. The Morgan fingerprint density at radius 1 is 1.12 bits per heavy atom. The fraction of sp³-hybridized carbons (Fsp3) is 0.529. The van der Waals surface area contributed by atoms with Gasteiger partial charge in [-0.1, -0.05) is 13.8 Å². The van der Waals surface area contributed by atoms with Gasteiger partial charge in [0.25, 0.3) is 0 Å². The summed E-state index contributed by atoms with van der Waals surface area (Å²) in [6, 6.07) is 1.68. The summed E-state index contributed by atoms with van der Waals surface area (Å²) in [6.07, 6.45) is -5.40. The molecule has 1 aromatic carbocycles. The van der Waals surface area contributed by atoms with Gasteiger partial charge in [-0.25, -0.2) is 13.8 Å². The highest BCUT2D eigenvalue weighted by atomic mass is 19.4. The van der Waals surface area contributed by atoms with Crippen molar-refractivity contribution in [3.05, 3.63) is 23.8 Å². The maximum atomic E-state index is 14.3. The lowest BCUT2D eigenvalue weighted by molar-refractivity contribution is -0.213. The quantitative estimate of drug-likeness (QED) is 0.767. The zero-order valence-electron chi connectivity index (χ0n) is 15.1. The first-order chi connectivity index (χ1) is 11.6. The van der Waals surface area contributed by atoms with Crippen LogP contribution in [-0.2, 0) is 10.3 Å². The summed E-state index contributed by atoms with van der Waals surface area (Å²) in [7, 11) is 0. The average Bonchev–Trinajstić information content (AvgIpc) is 2.74. The minimum absolute atomic E-state index is 0.0377. The van der Waals surface area contributed by atoms with Crippen molar-refractivity contribution in [1.82, 2.24) is 9.55 Å². The van der Waals surface area contributed by atoms with E-state index in [9.17, 15) is 26.7 Å². The molecular formula is C17H20F5N3O. The fourth-order valence-corrected chi connectivity index (χ4v) is 2.54. The minimum atomic E-state index is -4.57. The SMILES string of the molecule is CC(C)(C)n1c(NC(=O)CC(C)(C)C(F)(F)F)nc2cc(F)cc(F)c21. The maximum absolute atomic E-state index is 14.3. The molecule has 1 heterocycles. The average molecular weight is 377 g/mol. The third kappa shape index (κ3) is 3.81. The molecule has 0 saturated heterocycles. The smallest absolute Gasteiger partial charge is 0.302 e. The Kier molecular flexibility index (Phi) is 4.80. The van der Waals surface area contributed by atoms with E-state index in [0.29, 0.717) is 6.07 Å². The van der Waals surface area contributed by atoms with E-state index in [-0.39, 0.29) is 17.0 Å². The number of hydrogen-bond acceptors (Lipinski definition) is 2. The van der Waals surface area contributed by atoms with Crippen LogP contribution >= 0.6 is 0 Å². The number of carbonyl (C=O) groups excluding carboxylic acids is 1. The number of nitrogens with one attached hydrogen (secondary N) is 1. The molecule has 4 nitrogen and oxygen atoms in total. The molecule has 2 aromatic rings. The zero-order valence-corrected chi connectivity index (χ0v) is 15.1. The molecule has 0 atom stereocenters. The van der Waals surface area contributed by atoms with Crippen molar-refractivity contribution >= 4 is 22.9 Å². The third-order valence-electron chi connectivity index (χ3n) is 3.96. The number of alkyl halides is 3. The van der Waals surface area contributed by atoms with Gasteiger partial charge in [-0.3, -0.25) is 10.1 Å². The lowest BCUT2D eigenvalue weighted by Crippen LogP contribution is -2.36. The molecule has 0 aliphatic heterocycles. The molecule has 144 valence electrons. The number of hydrogen-bond donors (Lipinski definition) is 1. The van der Waals surface area contributed by atoms with Gasteiger partial charge < -0.3 is 4.57 Å². The van der Waals surface area contributed by atoms with Crippen molar-refractivity contribution < 1.29 is 26.7 Å². The molecule has 0 spiro atoms. The summed E-state index contributed by atoms with van der Waals surface area (Å²) >= 11 is 0. The van der Waals surface area contributed by atoms with E-state index in [4.69, 9.17) is 0 Å². The van der Waals surface area contributed by atoms with Crippen LogP contribution in [0.25, 0.3) is 11.0 Å². The second-order valence-electron chi connectivity index (χ2n) is 7.80. The molecule has 0 saturated carbocycles. The summed E-state index contributed by atoms with van der Waals surface area (Å²) in [6.45, 7) is 6.92. The van der Waals surface area contributed by atoms with Crippen LogP contribution in [0.3, 0.4) is 0 Å². The maximum Gasteiger partial charge on any atom is 0.394 e. The standard InChI is InChI=1S/C17H20F5N3O/c1-15(2,3)25-13-10(19)6-9(18)7-11(13)23-14(25)24-12(26)8-16(4,5)17(20,21)22/h6-7H,8H2,1-5H3,(H,23,24,26). The van der Waals surface area contributed by atoms with E-state index >= 15 is 0 Å². The number of halogens is 5. The van der Waals surface area contributed by atoms with Crippen LogP contribution in [-0.4, -0.2) is 21.6 Å². The monoisotopic (exact) mass is 377 g/mol. The van der Waals surface area contributed by atoms with Gasteiger partial charge in [0.2, 0.25) is 11.9 Å². The number of amides is 1. The lowest BCUT2D eigenvalue weighted by atomic mass is 9.88. The number of fused-ring (bicyclic) bond motifs is 1. The molecule has 9 heteroatoms. The van der Waals surface area contributed by atoms with E-state index in [1.807, 2.05) is 0 Å². The molecule has 0 radical (unpaired) electrons. The third-order valence-corrected chi connectivity index (χ3v) is 3.96. The van der Waals surface area contributed by atoms with Crippen LogP contribution in [0, 0.1) is 17.0 Å². The second-order valence-corrected chi connectivity index (χ2v) is 7.80. The summed E-state index contributed by atoms with van der Waals surface area (Å²) in [4.78, 5) is 16.2. The van der Waals surface area contributed by atoms with Gasteiger partial charge >= 0.3 is 6.18 Å². The number of rotatable bonds is 3. The van der Waals surface area contributed by atoms with Gasteiger partial charge in [0.15, 0.2) is 5.82 Å². The molecule has 0 fully saturated rings. The first-order valence-electron chi connectivity index (χ1n) is 7.88. The van der Waals surface area contributed by atoms with E-state index in [1.165, 1.54) is 4.57 Å². The van der Waals surface area contributed by atoms with Gasteiger partial charge in [0.1, 0.15) is 11.3 Å². The van der Waals surface area contributed by atoms with Crippen LogP contribution < -0.4 is 5.32 Å². The van der Waals surface area contributed by atoms with Crippen LogP contribution in [0.4, 0.5) is 27.9 Å². The summed E-state index contributed by atoms with van der Waals surface area (Å²) in [5.74, 6) is -2.78. The van der Waals surface area contributed by atoms with Crippen LogP contribution in [0.2, 0.25) is 0 Å². The first kappa shape index (κ1) is 20.1. The molecule has 0 aliphatic rings. The zero-order chi connectivity index (χ0) is 20.1. The lowest BCUT2D eigenvalue weighted by Gasteiger charge is -2.28. The van der Waals surface area contributed by atoms with Gasteiger partial charge in [0, 0.05) is 24.1 Å². The largest absolute Gasteiger partial charge is 0.394 e. The Hall–Kier alpha value is -2.19. The van der Waals surface area contributed by atoms with E-state index in [0.717, 1.165) is 19.9 Å². The summed E-state index contributed by atoms with van der Waals surface area (Å²) < 4.78 is 68.0. The molecule has 0 aliphatic carbocycles. The van der Waals surface area contributed by atoms with Crippen molar-refractivity contribution in [2.45, 2.75) is 52.8 Å². The van der Waals surface area contributed by atoms with E-state index in [2.05, 4.69) is 10.3 Å². The van der Waals surface area contributed by atoms with Crippen LogP contribution in [0.5, 0.6) is 0 Å². The highest BCUT2D eigenvalue weighted by molar-refractivity contribution is 5.92. The van der Waals surface area contributed by atoms with Crippen molar-refractivity contribution in [3.8, 4) is 0 Å². The molecule has 2 rings (SSSR count). The Morgan fingerprint density at radius 3 is 2.19 bits per heavy atom. The number of nitrogens with zero attached hydrogens (tertiary/aromatic N) is 2. The summed E-state index contributed by atoms with van der Waals surface area (Å²) in [5.41, 5.74) is -3.09. The molecule has 0 unspecified atom stereocenters.